The molecule has 0 amide bonds. The summed E-state index contributed by atoms with van der Waals surface area (Å²) in [5.41, 5.74) is 0.375. The fourth-order valence-electron chi connectivity index (χ4n) is 2.09. The van der Waals surface area contributed by atoms with Crippen LogP contribution in [0.4, 0.5) is 0 Å². The van der Waals surface area contributed by atoms with Gasteiger partial charge in [-0.15, -0.1) is 0 Å². The predicted molar refractivity (Wildman–Crippen MR) is 98.7 cm³/mol. The normalized spacial score (nSPS) is 11.0. The van der Waals surface area contributed by atoms with E-state index in [2.05, 4.69) is 0 Å². The topological polar surface area (TPSA) is 44.8 Å². The van der Waals surface area contributed by atoms with Crippen LogP contribution in [0.2, 0.25) is 5.02 Å². The summed E-state index contributed by atoms with van der Waals surface area (Å²) in [7, 11) is 1.49. The van der Waals surface area contributed by atoms with Gasteiger partial charge in [0, 0.05) is 6.61 Å². The van der Waals surface area contributed by atoms with Gasteiger partial charge in [-0.3, -0.25) is 4.79 Å². The van der Waals surface area contributed by atoms with Crippen molar-refractivity contribution in [1.29, 1.82) is 0 Å². The van der Waals surface area contributed by atoms with E-state index in [9.17, 15) is 4.79 Å². The Morgan fingerprint density at radius 2 is 1.88 bits per heavy atom. The first-order valence-electron chi connectivity index (χ1n) is 7.60. The van der Waals surface area contributed by atoms with E-state index in [1.807, 2.05) is 31.2 Å². The van der Waals surface area contributed by atoms with Gasteiger partial charge in [-0.25, -0.2) is 0 Å². The van der Waals surface area contributed by atoms with E-state index in [1.54, 1.807) is 18.2 Å². The number of methoxy groups -OCH3 is 1. The number of carbonyl (C=O) groups excluding carboxylic acids is 1. The summed E-state index contributed by atoms with van der Waals surface area (Å²) in [5.74, 6) is 1.25. The van der Waals surface area contributed by atoms with Crippen molar-refractivity contribution in [2.45, 2.75) is 6.92 Å². The fourth-order valence-corrected chi connectivity index (χ4v) is 3.39. The monoisotopic (exact) mass is 366 g/mol. The molecule has 2 rings (SSSR count). The van der Waals surface area contributed by atoms with Crippen LogP contribution in [0.3, 0.4) is 0 Å². The summed E-state index contributed by atoms with van der Waals surface area (Å²) >= 11 is 6.15. The van der Waals surface area contributed by atoms with E-state index < -0.39 is 0 Å². The zero-order chi connectivity index (χ0) is 17.4. The molecule has 0 fully saturated rings. The molecule has 0 saturated heterocycles. The van der Waals surface area contributed by atoms with Crippen LogP contribution in [0.1, 0.15) is 17.3 Å². The van der Waals surface area contributed by atoms with Gasteiger partial charge in [0.25, 0.3) is 0 Å². The van der Waals surface area contributed by atoms with Crippen LogP contribution >= 0.6 is 20.2 Å². The molecular weight excluding hydrogens is 347 g/mol. The lowest BCUT2D eigenvalue weighted by Crippen LogP contribution is -2.07. The van der Waals surface area contributed by atoms with Gasteiger partial charge in [-0.1, -0.05) is 29.8 Å². The second-order valence-corrected chi connectivity index (χ2v) is 6.53. The summed E-state index contributed by atoms with van der Waals surface area (Å²) in [4.78, 5) is 12.5. The van der Waals surface area contributed by atoms with Crippen LogP contribution in [0.15, 0.2) is 42.5 Å². The molecule has 0 radical (unpaired) electrons. The van der Waals surface area contributed by atoms with Crippen molar-refractivity contribution >= 4 is 31.0 Å². The molecule has 2 aromatic carbocycles. The van der Waals surface area contributed by atoms with Crippen LogP contribution in [-0.2, 0) is 4.74 Å². The molecule has 2 aromatic rings. The Kier molecular flexibility index (Phi) is 7.51. The molecule has 0 heterocycles. The maximum absolute atomic E-state index is 12.5. The van der Waals surface area contributed by atoms with Gasteiger partial charge < -0.3 is 14.2 Å². The number of hydrogen-bond acceptors (Lipinski definition) is 4. The largest absolute Gasteiger partial charge is 0.496 e. The summed E-state index contributed by atoms with van der Waals surface area (Å²) in [6.45, 7) is 3.69. The van der Waals surface area contributed by atoms with Gasteiger partial charge in [-0.2, -0.15) is 0 Å². The molecule has 0 saturated carbocycles. The Labute approximate surface area is 148 Å². The Morgan fingerprint density at radius 1 is 1.12 bits per heavy atom. The maximum Gasteiger partial charge on any atom is 0.190 e. The number of halogens is 1. The quantitative estimate of drug-likeness (QED) is 0.498. The smallest absolute Gasteiger partial charge is 0.190 e. The van der Waals surface area contributed by atoms with Crippen molar-refractivity contribution in [2.75, 3.05) is 26.9 Å². The average Bonchev–Trinajstić information content (AvgIpc) is 2.59. The van der Waals surface area contributed by atoms with Crippen LogP contribution in [-0.4, -0.2) is 32.5 Å². The number of carbonyl (C=O) groups is 1. The first-order valence-corrected chi connectivity index (χ1v) is 8.98. The second-order valence-electron chi connectivity index (χ2n) is 4.84. The lowest BCUT2D eigenvalue weighted by atomic mass is 10.2. The third-order valence-electron chi connectivity index (χ3n) is 3.24. The van der Waals surface area contributed by atoms with Crippen LogP contribution < -0.4 is 14.8 Å². The van der Waals surface area contributed by atoms with Crippen LogP contribution in [0.5, 0.6) is 11.5 Å². The zero-order valence-electron chi connectivity index (χ0n) is 13.7. The highest BCUT2D eigenvalue weighted by Gasteiger charge is 2.16. The molecule has 1 atom stereocenters. The highest BCUT2D eigenvalue weighted by Crippen LogP contribution is 2.32. The minimum Gasteiger partial charge on any atom is -0.496 e. The molecule has 128 valence electrons. The molecule has 0 bridgehead atoms. The molecule has 1 unspecified atom stereocenters. The second kappa shape index (κ2) is 9.63. The molecule has 0 spiro atoms. The molecular formula is C18H20ClO4P. The van der Waals surface area contributed by atoms with E-state index >= 15 is 0 Å². The van der Waals surface area contributed by atoms with E-state index in [0.717, 1.165) is 11.1 Å². The number of benzene rings is 2. The SMILES string of the molecule is CCOCCOc1ccc(PC(=O)c2c(Cl)cccc2OC)cc1. The lowest BCUT2D eigenvalue weighted by molar-refractivity contribution is 0.108. The van der Waals surface area contributed by atoms with E-state index in [-0.39, 0.29) is 14.1 Å². The molecule has 0 aliphatic rings. The van der Waals surface area contributed by atoms with Crippen LogP contribution in [0, 0.1) is 0 Å². The molecule has 0 aliphatic heterocycles. The van der Waals surface area contributed by atoms with E-state index in [0.29, 0.717) is 36.2 Å². The Hall–Kier alpha value is -1.61. The van der Waals surface area contributed by atoms with Crippen molar-refractivity contribution in [2.24, 2.45) is 0 Å². The van der Waals surface area contributed by atoms with Gasteiger partial charge in [0.2, 0.25) is 0 Å². The third-order valence-corrected chi connectivity index (χ3v) is 4.65. The molecule has 0 aliphatic carbocycles. The molecule has 0 N–H and O–H groups in total. The lowest BCUT2D eigenvalue weighted by Gasteiger charge is -2.10. The van der Waals surface area contributed by atoms with Crippen molar-refractivity contribution in [3.05, 3.63) is 53.1 Å². The fraction of sp³-hybridized carbons (Fsp3) is 0.278. The summed E-state index contributed by atoms with van der Waals surface area (Å²) in [5, 5.41) is 1.32. The highest BCUT2D eigenvalue weighted by molar-refractivity contribution is 7.66. The first kappa shape index (κ1) is 18.7. The summed E-state index contributed by atoms with van der Waals surface area (Å²) in [6, 6.07) is 12.7. The Balaban J connectivity index is 2.00. The van der Waals surface area contributed by atoms with Gasteiger partial charge in [-0.05, 0) is 45.1 Å². The zero-order valence-corrected chi connectivity index (χ0v) is 15.4. The van der Waals surface area contributed by atoms with Crippen molar-refractivity contribution < 1.29 is 19.0 Å². The van der Waals surface area contributed by atoms with Gasteiger partial charge in [0.1, 0.15) is 18.1 Å². The summed E-state index contributed by atoms with van der Waals surface area (Å²) < 4.78 is 16.0. The standard InChI is InChI=1S/C18H20ClO4P/c1-3-22-11-12-23-13-7-9-14(10-8-13)24-18(20)17-15(19)5-4-6-16(17)21-2/h4-10,24H,3,11-12H2,1-2H3. The maximum atomic E-state index is 12.5. The predicted octanol–water partition coefficient (Wildman–Crippen LogP) is 3.91. The van der Waals surface area contributed by atoms with Crippen molar-refractivity contribution in [3.63, 3.8) is 0 Å². The average molecular weight is 367 g/mol. The van der Waals surface area contributed by atoms with E-state index in [1.165, 1.54) is 7.11 Å². The van der Waals surface area contributed by atoms with Crippen LogP contribution in [0.25, 0.3) is 0 Å². The number of rotatable bonds is 9. The minimum atomic E-state index is -0.0533. The molecule has 4 nitrogen and oxygen atoms in total. The Bertz CT molecular complexity index is 673. The number of ether oxygens (including phenoxy) is 3. The molecule has 0 aromatic heterocycles. The third kappa shape index (κ3) is 5.20. The molecule has 24 heavy (non-hydrogen) atoms. The van der Waals surface area contributed by atoms with Gasteiger partial charge in [0.15, 0.2) is 5.52 Å². The Morgan fingerprint density at radius 3 is 2.54 bits per heavy atom. The van der Waals surface area contributed by atoms with Crippen molar-refractivity contribution in [1.82, 2.24) is 0 Å². The van der Waals surface area contributed by atoms with E-state index in [4.69, 9.17) is 25.8 Å². The first-order chi connectivity index (χ1) is 11.7. The van der Waals surface area contributed by atoms with Gasteiger partial charge in [0.05, 0.1) is 24.3 Å². The van der Waals surface area contributed by atoms with Gasteiger partial charge >= 0.3 is 0 Å². The number of hydrogen-bond donors (Lipinski definition) is 0. The minimum absolute atomic E-state index is 0.0334. The summed E-state index contributed by atoms with van der Waals surface area (Å²) in [6.07, 6.45) is 0. The molecule has 6 heteroatoms. The van der Waals surface area contributed by atoms with Crippen molar-refractivity contribution in [3.8, 4) is 11.5 Å². The highest BCUT2D eigenvalue weighted by atomic mass is 35.5.